The molecule has 5 aromatic rings. The van der Waals surface area contributed by atoms with E-state index in [4.69, 9.17) is 9.72 Å². The van der Waals surface area contributed by atoms with E-state index in [1.54, 1.807) is 30.3 Å². The third kappa shape index (κ3) is 5.52. The van der Waals surface area contributed by atoms with Gasteiger partial charge < -0.3 is 9.84 Å². The largest absolute Gasteiger partial charge is 0.478 e. The van der Waals surface area contributed by atoms with Crippen LogP contribution in [-0.4, -0.2) is 26.6 Å². The highest BCUT2D eigenvalue weighted by atomic mass is 16.6. The summed E-state index contributed by atoms with van der Waals surface area (Å²) in [6.07, 6.45) is 2.48. The van der Waals surface area contributed by atoms with Gasteiger partial charge in [0.2, 0.25) is 0 Å². The van der Waals surface area contributed by atoms with Gasteiger partial charge in [-0.3, -0.25) is 9.72 Å². The molecule has 0 bridgehead atoms. The number of anilines is 1. The van der Waals surface area contributed by atoms with E-state index in [1.165, 1.54) is 0 Å². The Morgan fingerprint density at radius 1 is 0.949 bits per heavy atom. The molecule has 3 aromatic carbocycles. The topological polar surface area (TPSA) is 92.9 Å². The van der Waals surface area contributed by atoms with E-state index in [1.807, 2.05) is 78.2 Å². The van der Waals surface area contributed by atoms with Crippen LogP contribution in [0.2, 0.25) is 0 Å². The molecule has 0 radical (unpaired) electrons. The summed E-state index contributed by atoms with van der Waals surface area (Å²) < 4.78 is 8.05. The zero-order valence-corrected chi connectivity index (χ0v) is 21.8. The van der Waals surface area contributed by atoms with Crippen LogP contribution in [-0.2, 0) is 11.2 Å². The van der Waals surface area contributed by atoms with E-state index in [9.17, 15) is 14.7 Å². The van der Waals surface area contributed by atoms with Gasteiger partial charge in [-0.25, -0.2) is 14.6 Å². The fourth-order valence-electron chi connectivity index (χ4n) is 4.69. The van der Waals surface area contributed by atoms with Crippen LogP contribution < -0.4 is 5.32 Å². The highest BCUT2D eigenvalue weighted by Crippen LogP contribution is 2.32. The summed E-state index contributed by atoms with van der Waals surface area (Å²) in [5.41, 5.74) is 6.54. The van der Waals surface area contributed by atoms with E-state index in [2.05, 4.69) is 12.2 Å². The molecule has 0 spiro atoms. The molecule has 39 heavy (non-hydrogen) atoms. The lowest BCUT2D eigenvalue weighted by Gasteiger charge is -2.21. The zero-order valence-electron chi connectivity index (χ0n) is 21.8. The second-order valence-corrected chi connectivity index (χ2v) is 9.37. The monoisotopic (exact) mass is 519 g/mol. The van der Waals surface area contributed by atoms with Crippen LogP contribution in [0.5, 0.6) is 0 Å². The predicted molar refractivity (Wildman–Crippen MR) is 151 cm³/mol. The first-order valence-electron chi connectivity index (χ1n) is 12.9. The summed E-state index contributed by atoms with van der Waals surface area (Å²) in [4.78, 5) is 29.6. The molecule has 2 N–H and O–H groups in total. The van der Waals surface area contributed by atoms with Gasteiger partial charge in [0, 0.05) is 11.9 Å². The Morgan fingerprint density at radius 2 is 1.67 bits per heavy atom. The van der Waals surface area contributed by atoms with Crippen LogP contribution in [0.3, 0.4) is 0 Å². The number of carbonyl (C=O) groups excluding carboxylic acids is 1. The van der Waals surface area contributed by atoms with Crippen molar-refractivity contribution in [2.45, 2.75) is 32.8 Å². The van der Waals surface area contributed by atoms with Gasteiger partial charge in [0.15, 0.2) is 6.10 Å². The molecule has 7 nitrogen and oxygen atoms in total. The fraction of sp³-hybridized carbons (Fsp3) is 0.156. The number of nitrogens with zero attached hydrogens (tertiary/aromatic N) is 2. The number of pyridine rings is 1. The molecule has 1 atom stereocenters. The molecule has 5 rings (SSSR count). The average molecular weight is 520 g/mol. The van der Waals surface area contributed by atoms with Crippen LogP contribution in [0.25, 0.3) is 16.8 Å². The molecule has 1 unspecified atom stereocenters. The lowest BCUT2D eigenvalue weighted by molar-refractivity contribution is 0.0697. The van der Waals surface area contributed by atoms with Crippen molar-refractivity contribution in [3.63, 3.8) is 0 Å². The van der Waals surface area contributed by atoms with E-state index < -0.39 is 18.2 Å². The fourth-order valence-corrected chi connectivity index (χ4v) is 4.69. The SMILES string of the molecule is CCCc1cn2c(C(OC(=O)Nc3ccccc3)c3ccc(-c4ccccc4C(=O)O)cc3)ccc(C)c2n1. The molecule has 2 heterocycles. The van der Waals surface area contributed by atoms with Crippen molar-refractivity contribution in [3.05, 3.63) is 125 Å². The third-order valence-electron chi connectivity index (χ3n) is 6.59. The number of carbonyl (C=O) groups is 2. The molecular weight excluding hydrogens is 490 g/mol. The summed E-state index contributed by atoms with van der Waals surface area (Å²) in [7, 11) is 0. The van der Waals surface area contributed by atoms with Gasteiger partial charge in [-0.1, -0.05) is 80.1 Å². The molecule has 1 amide bonds. The standard InChI is InChI=1S/C32H29N3O4/c1-3-9-25-20-35-28(19-14-21(2)30(35)33-25)29(39-32(38)34-24-10-5-4-6-11-24)23-17-15-22(16-18-23)26-12-7-8-13-27(26)31(36)37/h4-8,10-20,29H,3,9H2,1-2H3,(H,34,38)(H,36,37). The van der Waals surface area contributed by atoms with Crippen LogP contribution in [0, 0.1) is 6.92 Å². The predicted octanol–water partition coefficient (Wildman–Crippen LogP) is 7.30. The van der Waals surface area contributed by atoms with Gasteiger partial charge >= 0.3 is 12.1 Å². The van der Waals surface area contributed by atoms with Gasteiger partial charge in [0.1, 0.15) is 5.65 Å². The Morgan fingerprint density at radius 3 is 2.38 bits per heavy atom. The number of para-hydroxylation sites is 1. The van der Waals surface area contributed by atoms with Crippen LogP contribution in [0.4, 0.5) is 10.5 Å². The first-order chi connectivity index (χ1) is 18.9. The summed E-state index contributed by atoms with van der Waals surface area (Å²) in [6.45, 7) is 4.12. The van der Waals surface area contributed by atoms with Crippen molar-refractivity contribution in [3.8, 4) is 11.1 Å². The number of rotatable bonds is 8. The number of hydrogen-bond acceptors (Lipinski definition) is 4. The van der Waals surface area contributed by atoms with Crippen molar-refractivity contribution < 1.29 is 19.4 Å². The smallest absolute Gasteiger partial charge is 0.412 e. The van der Waals surface area contributed by atoms with E-state index in [0.717, 1.165) is 46.6 Å². The quantitative estimate of drug-likeness (QED) is 0.224. The van der Waals surface area contributed by atoms with Crippen molar-refractivity contribution in [2.75, 3.05) is 5.32 Å². The van der Waals surface area contributed by atoms with Crippen LogP contribution >= 0.6 is 0 Å². The van der Waals surface area contributed by atoms with E-state index in [-0.39, 0.29) is 5.56 Å². The number of amides is 1. The maximum absolute atomic E-state index is 13.1. The van der Waals surface area contributed by atoms with Crippen molar-refractivity contribution in [1.82, 2.24) is 9.38 Å². The van der Waals surface area contributed by atoms with Crippen LogP contribution in [0.1, 0.15) is 52.3 Å². The van der Waals surface area contributed by atoms with Crippen molar-refractivity contribution in [2.24, 2.45) is 0 Å². The van der Waals surface area contributed by atoms with Gasteiger partial charge in [0.05, 0.1) is 17.0 Å². The van der Waals surface area contributed by atoms with E-state index >= 15 is 0 Å². The first-order valence-corrected chi connectivity index (χ1v) is 12.9. The second-order valence-electron chi connectivity index (χ2n) is 9.37. The molecule has 0 aliphatic heterocycles. The minimum atomic E-state index is -0.987. The molecular formula is C32H29N3O4. The Bertz CT molecular complexity index is 1630. The molecule has 7 heteroatoms. The Labute approximate surface area is 226 Å². The number of aromatic nitrogens is 2. The molecule has 0 saturated carbocycles. The number of carboxylic acid groups (broad SMARTS) is 1. The highest BCUT2D eigenvalue weighted by Gasteiger charge is 2.24. The number of nitrogens with one attached hydrogen (secondary N) is 1. The minimum absolute atomic E-state index is 0.224. The Balaban J connectivity index is 1.56. The number of imidazole rings is 1. The third-order valence-corrected chi connectivity index (χ3v) is 6.59. The minimum Gasteiger partial charge on any atom is -0.478 e. The lowest BCUT2D eigenvalue weighted by atomic mass is 9.97. The number of ether oxygens (including phenoxy) is 1. The summed E-state index contributed by atoms with van der Waals surface area (Å²) in [5, 5.41) is 12.4. The second kappa shape index (κ2) is 11.2. The number of benzene rings is 3. The molecule has 0 aliphatic carbocycles. The Kier molecular flexibility index (Phi) is 7.41. The van der Waals surface area contributed by atoms with E-state index in [0.29, 0.717) is 11.3 Å². The normalized spacial score (nSPS) is 11.7. The van der Waals surface area contributed by atoms with Crippen molar-refractivity contribution >= 4 is 23.4 Å². The molecule has 196 valence electrons. The number of fused-ring (bicyclic) bond motifs is 1. The maximum Gasteiger partial charge on any atom is 0.412 e. The summed E-state index contributed by atoms with van der Waals surface area (Å²) >= 11 is 0. The van der Waals surface area contributed by atoms with Gasteiger partial charge in [0.25, 0.3) is 0 Å². The summed E-state index contributed by atoms with van der Waals surface area (Å²) in [5.74, 6) is -0.987. The molecule has 0 saturated heterocycles. The van der Waals surface area contributed by atoms with Crippen molar-refractivity contribution in [1.29, 1.82) is 0 Å². The maximum atomic E-state index is 13.1. The number of hydrogen-bond donors (Lipinski definition) is 2. The van der Waals surface area contributed by atoms with Gasteiger partial charge in [-0.15, -0.1) is 0 Å². The van der Waals surface area contributed by atoms with Gasteiger partial charge in [-0.05, 0) is 59.9 Å². The molecule has 0 fully saturated rings. The number of carboxylic acids is 1. The van der Waals surface area contributed by atoms with Gasteiger partial charge in [-0.2, -0.15) is 0 Å². The molecule has 2 aromatic heterocycles. The lowest BCUT2D eigenvalue weighted by Crippen LogP contribution is -2.20. The first kappa shape index (κ1) is 25.7. The van der Waals surface area contributed by atoms with Crippen LogP contribution in [0.15, 0.2) is 97.2 Å². The zero-order chi connectivity index (χ0) is 27.4. The number of aryl methyl sites for hydroxylation is 2. The Hall–Kier alpha value is -4.91. The number of aromatic carboxylic acids is 1. The average Bonchev–Trinajstić information content (AvgIpc) is 3.38. The summed E-state index contributed by atoms with van der Waals surface area (Å²) in [6, 6.07) is 27.4. The highest BCUT2D eigenvalue weighted by molar-refractivity contribution is 5.96. The molecule has 0 aliphatic rings.